The molecule has 22 heavy (non-hydrogen) atoms. The first-order valence-electron chi connectivity index (χ1n) is 7.77. The van der Waals surface area contributed by atoms with Crippen LogP contribution in [0.15, 0.2) is 24.3 Å². The second kappa shape index (κ2) is 7.82. The molecule has 1 saturated heterocycles. The Kier molecular flexibility index (Phi) is 5.81. The number of amides is 1. The average Bonchev–Trinajstić information content (AvgIpc) is 2.55. The molecule has 2 rings (SSSR count). The van der Waals surface area contributed by atoms with E-state index in [0.717, 1.165) is 37.0 Å². The van der Waals surface area contributed by atoms with Crippen molar-refractivity contribution in [1.29, 1.82) is 0 Å². The first-order chi connectivity index (χ1) is 10.6. The normalized spacial score (nSPS) is 18.0. The Labute approximate surface area is 130 Å². The van der Waals surface area contributed by atoms with Crippen molar-refractivity contribution in [2.24, 2.45) is 0 Å². The number of piperidine rings is 1. The third kappa shape index (κ3) is 4.23. The molecule has 0 aliphatic carbocycles. The Hall–Kier alpha value is -2.04. The smallest absolute Gasteiger partial charge is 0.326 e. The fourth-order valence-electron chi connectivity index (χ4n) is 2.87. The average molecular weight is 305 g/mol. The number of nitrogens with zero attached hydrogens (tertiary/aromatic N) is 1. The number of rotatable bonds is 6. The minimum absolute atomic E-state index is 0.0411. The quantitative estimate of drug-likeness (QED) is 0.877. The summed E-state index contributed by atoms with van der Waals surface area (Å²) in [6.07, 6.45) is 4.28. The van der Waals surface area contributed by atoms with Gasteiger partial charge in [0.2, 0.25) is 5.91 Å². The van der Waals surface area contributed by atoms with Gasteiger partial charge in [0.1, 0.15) is 11.8 Å². The summed E-state index contributed by atoms with van der Waals surface area (Å²) >= 11 is 0. The highest BCUT2D eigenvalue weighted by Gasteiger charge is 2.31. The SMILES string of the molecule is COc1ccc(CCCC(=O)N2CCCC[C@@H]2C(=O)O)cc1. The van der Waals surface area contributed by atoms with Gasteiger partial charge < -0.3 is 14.7 Å². The van der Waals surface area contributed by atoms with Gasteiger partial charge in [0.05, 0.1) is 7.11 Å². The molecular weight excluding hydrogens is 282 g/mol. The topological polar surface area (TPSA) is 66.8 Å². The van der Waals surface area contributed by atoms with Crippen LogP contribution in [0.5, 0.6) is 5.75 Å². The summed E-state index contributed by atoms with van der Waals surface area (Å²) in [5.74, 6) is -0.110. The summed E-state index contributed by atoms with van der Waals surface area (Å²) in [4.78, 5) is 25.0. The van der Waals surface area contributed by atoms with Crippen molar-refractivity contribution in [3.63, 3.8) is 0 Å². The van der Waals surface area contributed by atoms with Gasteiger partial charge in [-0.15, -0.1) is 0 Å². The number of methoxy groups -OCH3 is 1. The molecule has 0 radical (unpaired) electrons. The van der Waals surface area contributed by atoms with Gasteiger partial charge in [-0.1, -0.05) is 12.1 Å². The van der Waals surface area contributed by atoms with E-state index in [1.165, 1.54) is 0 Å². The maximum atomic E-state index is 12.2. The number of carbonyl (C=O) groups is 2. The largest absolute Gasteiger partial charge is 0.497 e. The second-order valence-electron chi connectivity index (χ2n) is 5.64. The molecule has 1 atom stereocenters. The lowest BCUT2D eigenvalue weighted by Gasteiger charge is -2.33. The Morgan fingerprint density at radius 3 is 2.64 bits per heavy atom. The third-order valence-electron chi connectivity index (χ3n) is 4.12. The van der Waals surface area contributed by atoms with E-state index >= 15 is 0 Å². The van der Waals surface area contributed by atoms with Gasteiger partial charge in [0.25, 0.3) is 0 Å². The zero-order valence-electron chi connectivity index (χ0n) is 13.0. The molecule has 1 aromatic carbocycles. The zero-order valence-corrected chi connectivity index (χ0v) is 13.0. The van der Waals surface area contributed by atoms with Crippen LogP contribution in [-0.4, -0.2) is 41.6 Å². The highest BCUT2D eigenvalue weighted by atomic mass is 16.5. The van der Waals surface area contributed by atoms with Crippen LogP contribution in [0.3, 0.4) is 0 Å². The molecular formula is C17H23NO4. The molecule has 0 bridgehead atoms. The molecule has 1 aliphatic rings. The molecule has 1 aromatic rings. The minimum atomic E-state index is -0.886. The Bertz CT molecular complexity index is 512. The summed E-state index contributed by atoms with van der Waals surface area (Å²) in [6.45, 7) is 0.568. The van der Waals surface area contributed by atoms with Gasteiger partial charge in [0, 0.05) is 13.0 Å². The Morgan fingerprint density at radius 1 is 1.27 bits per heavy atom. The first kappa shape index (κ1) is 16.3. The second-order valence-corrected chi connectivity index (χ2v) is 5.64. The number of carbonyl (C=O) groups excluding carboxylic acids is 1. The van der Waals surface area contributed by atoms with Gasteiger partial charge in [0.15, 0.2) is 0 Å². The number of aryl methyl sites for hydroxylation is 1. The van der Waals surface area contributed by atoms with Crippen LogP contribution in [0, 0.1) is 0 Å². The molecule has 5 nitrogen and oxygen atoms in total. The van der Waals surface area contributed by atoms with Crippen molar-refractivity contribution in [3.8, 4) is 5.75 Å². The molecule has 5 heteroatoms. The van der Waals surface area contributed by atoms with Crippen molar-refractivity contribution >= 4 is 11.9 Å². The molecule has 1 heterocycles. The third-order valence-corrected chi connectivity index (χ3v) is 4.12. The molecule has 120 valence electrons. The van der Waals surface area contributed by atoms with E-state index in [2.05, 4.69) is 0 Å². The van der Waals surface area contributed by atoms with Crippen LogP contribution in [0.1, 0.15) is 37.7 Å². The fraction of sp³-hybridized carbons (Fsp3) is 0.529. The van der Waals surface area contributed by atoms with E-state index < -0.39 is 12.0 Å². The maximum absolute atomic E-state index is 12.2. The fourth-order valence-corrected chi connectivity index (χ4v) is 2.87. The number of benzene rings is 1. The summed E-state index contributed by atoms with van der Waals surface area (Å²) in [7, 11) is 1.63. The number of carboxylic acids is 1. The van der Waals surface area contributed by atoms with Gasteiger partial charge in [-0.25, -0.2) is 4.79 Å². The van der Waals surface area contributed by atoms with Gasteiger partial charge in [-0.05, 0) is 49.8 Å². The first-order valence-corrected chi connectivity index (χ1v) is 7.77. The number of ether oxygens (including phenoxy) is 1. The summed E-state index contributed by atoms with van der Waals surface area (Å²) in [5.41, 5.74) is 1.15. The van der Waals surface area contributed by atoms with Crippen LogP contribution >= 0.6 is 0 Å². The van der Waals surface area contributed by atoms with E-state index in [-0.39, 0.29) is 5.91 Å². The minimum Gasteiger partial charge on any atom is -0.497 e. The van der Waals surface area contributed by atoms with Crippen LogP contribution in [0.4, 0.5) is 0 Å². The van der Waals surface area contributed by atoms with Crippen molar-refractivity contribution in [2.75, 3.05) is 13.7 Å². The zero-order chi connectivity index (χ0) is 15.9. The molecule has 1 N–H and O–H groups in total. The molecule has 0 aromatic heterocycles. The molecule has 0 saturated carbocycles. The molecule has 1 amide bonds. The predicted octanol–water partition coefficient (Wildman–Crippen LogP) is 2.48. The van der Waals surface area contributed by atoms with E-state index in [0.29, 0.717) is 19.4 Å². The van der Waals surface area contributed by atoms with Crippen molar-refractivity contribution in [2.45, 2.75) is 44.6 Å². The molecule has 0 unspecified atom stereocenters. The number of hydrogen-bond acceptors (Lipinski definition) is 3. The van der Waals surface area contributed by atoms with Crippen LogP contribution in [0.25, 0.3) is 0 Å². The molecule has 1 fully saturated rings. The predicted molar refractivity (Wildman–Crippen MR) is 82.9 cm³/mol. The van der Waals surface area contributed by atoms with Gasteiger partial charge >= 0.3 is 5.97 Å². The van der Waals surface area contributed by atoms with Gasteiger partial charge in [-0.3, -0.25) is 4.79 Å². The number of aliphatic carboxylic acids is 1. The van der Waals surface area contributed by atoms with E-state index in [4.69, 9.17) is 4.74 Å². The highest BCUT2D eigenvalue weighted by molar-refractivity contribution is 5.83. The van der Waals surface area contributed by atoms with Crippen LogP contribution in [-0.2, 0) is 16.0 Å². The van der Waals surface area contributed by atoms with Crippen LogP contribution < -0.4 is 4.74 Å². The highest BCUT2D eigenvalue weighted by Crippen LogP contribution is 2.19. The maximum Gasteiger partial charge on any atom is 0.326 e. The monoisotopic (exact) mass is 305 g/mol. The molecule has 1 aliphatic heterocycles. The van der Waals surface area contributed by atoms with E-state index in [1.54, 1.807) is 12.0 Å². The Morgan fingerprint density at radius 2 is 2.00 bits per heavy atom. The van der Waals surface area contributed by atoms with Crippen molar-refractivity contribution in [1.82, 2.24) is 4.90 Å². The lowest BCUT2D eigenvalue weighted by Crippen LogP contribution is -2.47. The van der Waals surface area contributed by atoms with Crippen LogP contribution in [0.2, 0.25) is 0 Å². The lowest BCUT2D eigenvalue weighted by atomic mass is 10.0. The lowest BCUT2D eigenvalue weighted by molar-refractivity contribution is -0.152. The van der Waals surface area contributed by atoms with Crippen molar-refractivity contribution < 1.29 is 19.4 Å². The van der Waals surface area contributed by atoms with Crippen molar-refractivity contribution in [3.05, 3.63) is 29.8 Å². The number of hydrogen-bond donors (Lipinski definition) is 1. The summed E-state index contributed by atoms with van der Waals surface area (Å²) < 4.78 is 5.11. The number of carboxylic acid groups (broad SMARTS) is 1. The summed E-state index contributed by atoms with van der Waals surface area (Å²) in [6, 6.07) is 7.15. The Balaban J connectivity index is 1.82. The summed E-state index contributed by atoms with van der Waals surface area (Å²) in [5, 5.41) is 9.20. The van der Waals surface area contributed by atoms with E-state index in [9.17, 15) is 14.7 Å². The number of likely N-dealkylation sites (tertiary alicyclic amines) is 1. The standard InChI is InChI=1S/C17H23NO4/c1-22-14-10-8-13(9-11-14)5-4-7-16(19)18-12-3-2-6-15(18)17(20)21/h8-11,15H,2-7,12H2,1H3,(H,20,21)/t15-/m1/s1. The molecule has 0 spiro atoms. The van der Waals surface area contributed by atoms with Gasteiger partial charge in [-0.2, -0.15) is 0 Å². The van der Waals surface area contributed by atoms with E-state index in [1.807, 2.05) is 24.3 Å².